The summed E-state index contributed by atoms with van der Waals surface area (Å²) in [7, 11) is 0. The third-order valence-electron chi connectivity index (χ3n) is 2.90. The first-order chi connectivity index (χ1) is 9.61. The maximum atomic E-state index is 11.5. The molecule has 4 nitrogen and oxygen atoms in total. The van der Waals surface area contributed by atoms with Gasteiger partial charge in [-0.25, -0.2) is 4.79 Å². The average molecular weight is 275 g/mol. The van der Waals surface area contributed by atoms with Gasteiger partial charge in [0.15, 0.2) is 0 Å². The van der Waals surface area contributed by atoms with E-state index < -0.39 is 5.97 Å². The number of benzene rings is 1. The van der Waals surface area contributed by atoms with E-state index in [0.717, 1.165) is 36.5 Å². The number of carboxylic acid groups (broad SMARTS) is 1. The molecule has 1 aromatic rings. The summed E-state index contributed by atoms with van der Waals surface area (Å²) >= 11 is 0. The van der Waals surface area contributed by atoms with E-state index in [9.17, 15) is 9.59 Å². The van der Waals surface area contributed by atoms with Gasteiger partial charge in [-0.05, 0) is 23.6 Å². The van der Waals surface area contributed by atoms with Crippen LogP contribution in [-0.2, 0) is 16.1 Å². The Morgan fingerprint density at radius 2 is 1.90 bits per heavy atom. The summed E-state index contributed by atoms with van der Waals surface area (Å²) in [4.78, 5) is 21.9. The lowest BCUT2D eigenvalue weighted by Crippen LogP contribution is -2.22. The van der Waals surface area contributed by atoms with Gasteiger partial charge in [-0.3, -0.25) is 4.79 Å². The smallest absolute Gasteiger partial charge is 0.328 e. The monoisotopic (exact) mass is 275 g/mol. The van der Waals surface area contributed by atoms with Crippen LogP contribution in [0.3, 0.4) is 0 Å². The molecule has 1 amide bonds. The molecule has 0 saturated heterocycles. The molecule has 0 aliphatic carbocycles. The van der Waals surface area contributed by atoms with Crippen LogP contribution < -0.4 is 5.32 Å². The van der Waals surface area contributed by atoms with E-state index in [0.29, 0.717) is 13.0 Å². The molecule has 1 aromatic carbocycles. The molecule has 0 unspecified atom stereocenters. The van der Waals surface area contributed by atoms with Gasteiger partial charge in [0.25, 0.3) is 0 Å². The van der Waals surface area contributed by atoms with Crippen molar-refractivity contribution in [1.29, 1.82) is 0 Å². The Kier molecular flexibility index (Phi) is 7.11. The minimum atomic E-state index is -0.964. The molecule has 0 aliphatic heterocycles. The van der Waals surface area contributed by atoms with Crippen LogP contribution >= 0.6 is 0 Å². The first kappa shape index (κ1) is 16.0. The summed E-state index contributed by atoms with van der Waals surface area (Å²) in [6.45, 7) is 2.62. The summed E-state index contributed by atoms with van der Waals surface area (Å²) in [5.74, 6) is -0.887. The maximum absolute atomic E-state index is 11.5. The number of hydrogen-bond acceptors (Lipinski definition) is 2. The number of carbonyl (C=O) groups excluding carboxylic acids is 1. The Morgan fingerprint density at radius 3 is 2.50 bits per heavy atom. The van der Waals surface area contributed by atoms with Gasteiger partial charge in [0.05, 0.1) is 0 Å². The van der Waals surface area contributed by atoms with Crippen molar-refractivity contribution >= 4 is 18.0 Å². The SMILES string of the molecule is CCCCCC(=O)NCc1ccc(C=CC(=O)O)cc1. The molecule has 0 fully saturated rings. The van der Waals surface area contributed by atoms with Crippen molar-refractivity contribution in [3.8, 4) is 0 Å². The van der Waals surface area contributed by atoms with Gasteiger partial charge in [-0.2, -0.15) is 0 Å². The van der Waals surface area contributed by atoms with Crippen molar-refractivity contribution in [3.05, 3.63) is 41.5 Å². The average Bonchev–Trinajstić information content (AvgIpc) is 2.44. The molecular weight excluding hydrogens is 254 g/mol. The van der Waals surface area contributed by atoms with Crippen LogP contribution in [0, 0.1) is 0 Å². The van der Waals surface area contributed by atoms with E-state index in [-0.39, 0.29) is 5.91 Å². The lowest BCUT2D eigenvalue weighted by molar-refractivity contribution is -0.131. The van der Waals surface area contributed by atoms with Crippen molar-refractivity contribution in [3.63, 3.8) is 0 Å². The molecule has 20 heavy (non-hydrogen) atoms. The van der Waals surface area contributed by atoms with E-state index in [1.54, 1.807) is 0 Å². The van der Waals surface area contributed by atoms with Crippen molar-refractivity contribution in [2.75, 3.05) is 0 Å². The molecule has 0 radical (unpaired) electrons. The Balaban J connectivity index is 2.38. The summed E-state index contributed by atoms with van der Waals surface area (Å²) in [5.41, 5.74) is 1.83. The number of nitrogens with one attached hydrogen (secondary N) is 1. The highest BCUT2D eigenvalue weighted by atomic mass is 16.4. The van der Waals surface area contributed by atoms with Crippen LogP contribution in [0.25, 0.3) is 6.08 Å². The molecule has 0 aliphatic rings. The number of unbranched alkanes of at least 4 members (excludes halogenated alkanes) is 2. The van der Waals surface area contributed by atoms with Gasteiger partial charge >= 0.3 is 5.97 Å². The molecule has 0 saturated carbocycles. The fourth-order valence-corrected chi connectivity index (χ4v) is 1.74. The van der Waals surface area contributed by atoms with Gasteiger partial charge in [0.2, 0.25) is 5.91 Å². The summed E-state index contributed by atoms with van der Waals surface area (Å²) in [5, 5.41) is 11.4. The number of carbonyl (C=O) groups is 2. The Morgan fingerprint density at radius 1 is 1.20 bits per heavy atom. The largest absolute Gasteiger partial charge is 0.478 e. The van der Waals surface area contributed by atoms with Crippen LogP contribution in [0.4, 0.5) is 0 Å². The highest BCUT2D eigenvalue weighted by Crippen LogP contribution is 2.06. The number of aliphatic carboxylic acids is 1. The van der Waals surface area contributed by atoms with Crippen LogP contribution in [0.2, 0.25) is 0 Å². The second kappa shape index (κ2) is 8.91. The highest BCUT2D eigenvalue weighted by molar-refractivity contribution is 5.85. The quantitative estimate of drug-likeness (QED) is 0.566. The third-order valence-corrected chi connectivity index (χ3v) is 2.90. The zero-order valence-corrected chi connectivity index (χ0v) is 11.8. The van der Waals surface area contributed by atoms with Crippen molar-refractivity contribution < 1.29 is 14.7 Å². The van der Waals surface area contributed by atoms with Gasteiger partial charge in [-0.15, -0.1) is 0 Å². The zero-order valence-electron chi connectivity index (χ0n) is 11.8. The molecule has 0 spiro atoms. The Bertz CT molecular complexity index is 463. The number of rotatable bonds is 8. The van der Waals surface area contributed by atoms with Crippen LogP contribution in [0.15, 0.2) is 30.3 Å². The zero-order chi connectivity index (χ0) is 14.8. The molecule has 0 atom stereocenters. The normalized spacial score (nSPS) is 10.7. The second-order valence-electron chi connectivity index (χ2n) is 4.65. The van der Waals surface area contributed by atoms with Crippen LogP contribution in [-0.4, -0.2) is 17.0 Å². The van der Waals surface area contributed by atoms with Gasteiger partial charge < -0.3 is 10.4 Å². The first-order valence-corrected chi connectivity index (χ1v) is 6.88. The van der Waals surface area contributed by atoms with E-state index in [2.05, 4.69) is 12.2 Å². The molecule has 0 aromatic heterocycles. The number of carboxylic acids is 1. The maximum Gasteiger partial charge on any atom is 0.328 e. The topological polar surface area (TPSA) is 66.4 Å². The standard InChI is InChI=1S/C16H21NO3/c1-2-3-4-5-15(18)17-12-14-8-6-13(7-9-14)10-11-16(19)20/h6-11H,2-5,12H2,1H3,(H,17,18)(H,19,20). The van der Waals surface area contributed by atoms with Gasteiger partial charge in [-0.1, -0.05) is 44.0 Å². The van der Waals surface area contributed by atoms with Gasteiger partial charge in [0, 0.05) is 19.0 Å². The van der Waals surface area contributed by atoms with Crippen LogP contribution in [0.5, 0.6) is 0 Å². The number of hydrogen-bond donors (Lipinski definition) is 2. The minimum Gasteiger partial charge on any atom is -0.478 e. The Hall–Kier alpha value is -2.10. The predicted octanol–water partition coefficient (Wildman–Crippen LogP) is 2.98. The van der Waals surface area contributed by atoms with Crippen molar-refractivity contribution in [1.82, 2.24) is 5.32 Å². The lowest BCUT2D eigenvalue weighted by Gasteiger charge is -2.05. The predicted molar refractivity (Wildman–Crippen MR) is 79.1 cm³/mol. The fraction of sp³-hybridized carbons (Fsp3) is 0.375. The first-order valence-electron chi connectivity index (χ1n) is 6.88. The lowest BCUT2D eigenvalue weighted by atomic mass is 10.1. The number of amides is 1. The minimum absolute atomic E-state index is 0.0771. The van der Waals surface area contributed by atoms with E-state index >= 15 is 0 Å². The van der Waals surface area contributed by atoms with Crippen molar-refractivity contribution in [2.45, 2.75) is 39.2 Å². The summed E-state index contributed by atoms with van der Waals surface area (Å²) in [6.07, 6.45) is 6.34. The van der Waals surface area contributed by atoms with E-state index in [1.807, 2.05) is 24.3 Å². The third kappa shape index (κ3) is 6.73. The second-order valence-corrected chi connectivity index (χ2v) is 4.65. The molecular formula is C16H21NO3. The molecule has 4 heteroatoms. The van der Waals surface area contributed by atoms with Gasteiger partial charge in [0.1, 0.15) is 0 Å². The molecule has 108 valence electrons. The van der Waals surface area contributed by atoms with Crippen LogP contribution in [0.1, 0.15) is 43.7 Å². The summed E-state index contributed by atoms with van der Waals surface area (Å²) < 4.78 is 0. The molecule has 2 N–H and O–H groups in total. The molecule has 0 heterocycles. The fourth-order valence-electron chi connectivity index (χ4n) is 1.74. The summed E-state index contributed by atoms with van der Waals surface area (Å²) in [6, 6.07) is 7.43. The molecule has 0 bridgehead atoms. The highest BCUT2D eigenvalue weighted by Gasteiger charge is 2.00. The van der Waals surface area contributed by atoms with Crippen molar-refractivity contribution in [2.24, 2.45) is 0 Å². The Labute approximate surface area is 119 Å². The van der Waals surface area contributed by atoms with E-state index in [1.165, 1.54) is 6.08 Å². The van der Waals surface area contributed by atoms with E-state index in [4.69, 9.17) is 5.11 Å². The molecule has 1 rings (SSSR count).